The molecule has 14 rings (SSSR count). The molecule has 0 radical (unpaired) electrons. The standard InChI is InChI=1S/C33H28N5S.C33H27N5S.2Pt/c2*1-23-19-25(36-35-23)11-4-3-9-18-37-22-38(26-12-5-2-6-13-26)33-30(37)20-24(21-34-33)27-15-10-16-29-28-14-7-8-17-31(28)39-32(27)29;;/h2,5-8,10,12,14-17,19-22H,3-4,9,11,18H2,1H3;2,5-8,10,12,14-17,19-21H,3-4,9,11,18H2,1H3;;/q-3;-2;;. The Kier molecular flexibility index (Phi) is 16.0. The van der Waals surface area contributed by atoms with E-state index >= 15 is 0 Å². The Morgan fingerprint density at radius 1 is 0.562 bits per heavy atom. The Hall–Kier alpha value is -7.07. The fourth-order valence-corrected chi connectivity index (χ4v) is 14.4. The molecule has 0 atom stereocenters. The molecule has 0 unspecified atom stereocenters. The van der Waals surface area contributed by atoms with Crippen LogP contribution in [0.5, 0.6) is 0 Å². The molecule has 6 aromatic carbocycles. The molecule has 0 amide bonds. The summed E-state index contributed by atoms with van der Waals surface area (Å²) in [5.41, 5.74) is 14.2. The van der Waals surface area contributed by atoms with Gasteiger partial charge in [0.2, 0.25) is 0 Å². The van der Waals surface area contributed by atoms with Crippen LogP contribution in [0.2, 0.25) is 0 Å². The summed E-state index contributed by atoms with van der Waals surface area (Å²) in [4.78, 5) is 14.6. The van der Waals surface area contributed by atoms with Crippen LogP contribution < -0.4 is 20.0 Å². The largest absolute Gasteiger partial charge is 0 e. The van der Waals surface area contributed by atoms with Gasteiger partial charge in [0.05, 0.1) is 5.69 Å². The first kappa shape index (κ1) is 53.6. The summed E-state index contributed by atoms with van der Waals surface area (Å²) < 4.78 is 11.0. The molecule has 0 saturated heterocycles. The van der Waals surface area contributed by atoms with E-state index in [4.69, 9.17) is 9.97 Å². The van der Waals surface area contributed by atoms with Gasteiger partial charge in [0.1, 0.15) is 5.82 Å². The van der Waals surface area contributed by atoms with Gasteiger partial charge in [-0.15, -0.1) is 22.7 Å². The Balaban J connectivity index is 0.000000157. The van der Waals surface area contributed by atoms with Gasteiger partial charge in [-0.2, -0.15) is 37.0 Å². The minimum absolute atomic E-state index is 0. The number of hydrogen-bond donors (Lipinski definition) is 0. The van der Waals surface area contributed by atoms with E-state index in [1.807, 2.05) is 79.2 Å². The molecular formula is C66H55N10Pt2S2-5. The number of hydrogen-bond acceptors (Lipinski definition) is 8. The van der Waals surface area contributed by atoms with Gasteiger partial charge in [-0.05, 0) is 37.9 Å². The van der Waals surface area contributed by atoms with E-state index in [2.05, 4.69) is 205 Å². The maximum Gasteiger partial charge on any atom is 0 e. The Labute approximate surface area is 498 Å². The summed E-state index contributed by atoms with van der Waals surface area (Å²) in [6.07, 6.45) is 12.7. The van der Waals surface area contributed by atoms with E-state index in [1.165, 1.54) is 51.5 Å². The predicted octanol–water partition coefficient (Wildman–Crippen LogP) is 15.9. The van der Waals surface area contributed by atoms with E-state index < -0.39 is 0 Å². The van der Waals surface area contributed by atoms with Crippen molar-refractivity contribution in [2.75, 3.05) is 16.3 Å². The number of anilines is 3. The van der Waals surface area contributed by atoms with Crippen LogP contribution >= 0.6 is 22.7 Å². The van der Waals surface area contributed by atoms with Crippen molar-refractivity contribution in [3.63, 3.8) is 0 Å². The summed E-state index contributed by atoms with van der Waals surface area (Å²) >= 11 is 6.17. The van der Waals surface area contributed by atoms with E-state index in [0.29, 0.717) is 0 Å². The average Bonchev–Trinajstić information content (AvgIpc) is 4.42. The first-order chi connectivity index (χ1) is 38.9. The number of aromatic nitrogens is 8. The minimum Gasteiger partial charge on any atom is 0 e. The third-order valence-corrected chi connectivity index (χ3v) is 18.3. The summed E-state index contributed by atoms with van der Waals surface area (Å²) in [5.74, 6) is 0.951. The Morgan fingerprint density at radius 3 is 1.70 bits per heavy atom. The molecule has 0 bridgehead atoms. The fourth-order valence-electron chi connectivity index (χ4n) is 10.9. The van der Waals surface area contributed by atoms with Crippen LogP contribution in [-0.4, -0.2) is 35.8 Å². The Bertz CT molecular complexity index is 4340. The number of thiophene rings is 2. The second-order valence-corrected chi connectivity index (χ2v) is 23.3. The molecule has 0 aliphatic carbocycles. The zero-order chi connectivity index (χ0) is 53.2. The normalized spacial score (nSPS) is 12.2. The number of imidazole rings is 1. The molecule has 13 aromatic rings. The zero-order valence-electron chi connectivity index (χ0n) is 44.2. The van der Waals surface area contributed by atoms with Gasteiger partial charge >= 0.3 is 249 Å². The monoisotopic (exact) mass is 1440 g/mol. The van der Waals surface area contributed by atoms with Crippen LogP contribution in [0.4, 0.5) is 17.2 Å². The van der Waals surface area contributed by atoms with Crippen molar-refractivity contribution >= 4 is 91.4 Å². The van der Waals surface area contributed by atoms with Crippen LogP contribution in [0.15, 0.2) is 170 Å². The van der Waals surface area contributed by atoms with E-state index in [9.17, 15) is 0 Å². The molecule has 406 valence electrons. The summed E-state index contributed by atoms with van der Waals surface area (Å²) in [7, 11) is 0. The number of aryl methyl sites for hydroxylation is 5. The van der Waals surface area contributed by atoms with Crippen LogP contribution in [0.1, 0.15) is 61.3 Å². The van der Waals surface area contributed by atoms with Crippen molar-refractivity contribution < 1.29 is 40.4 Å². The number of pyridine rings is 2. The molecule has 7 aromatic heterocycles. The van der Waals surface area contributed by atoms with Crippen LogP contribution in [0.3, 0.4) is 0 Å². The van der Waals surface area contributed by atoms with Gasteiger partial charge < -0.3 is 20.0 Å². The first-order valence-electron chi connectivity index (χ1n) is 27.1. The number of rotatable bonds is 16. The molecule has 0 spiro atoms. The van der Waals surface area contributed by atoms with Crippen LogP contribution in [-0.2, 0) is 59.8 Å². The van der Waals surface area contributed by atoms with Crippen molar-refractivity contribution in [1.82, 2.24) is 39.5 Å². The molecule has 80 heavy (non-hydrogen) atoms. The molecule has 1 aliphatic heterocycles. The number of unbranched alkanes of at least 4 members (excludes halogenated alkanes) is 4. The topological polar surface area (TPSA) is 96.1 Å². The quantitative estimate of drug-likeness (QED) is 0.0697. The summed E-state index contributed by atoms with van der Waals surface area (Å²) in [6.45, 7) is 8.04. The van der Waals surface area contributed by atoms with E-state index in [0.717, 1.165) is 136 Å². The molecule has 1 aliphatic rings. The van der Waals surface area contributed by atoms with Gasteiger partial charge in [0.25, 0.3) is 0 Å². The number of fused-ring (bicyclic) bond motifs is 8. The summed E-state index contributed by atoms with van der Waals surface area (Å²) in [6, 6.07) is 62.4. The molecule has 0 fully saturated rings. The van der Waals surface area contributed by atoms with Gasteiger partial charge in [0, 0.05) is 64.3 Å². The predicted molar refractivity (Wildman–Crippen MR) is 321 cm³/mol. The van der Waals surface area contributed by atoms with Crippen LogP contribution in [0.25, 0.3) is 79.4 Å². The van der Waals surface area contributed by atoms with Gasteiger partial charge in [-0.25, -0.2) is 4.98 Å². The second-order valence-electron chi connectivity index (χ2n) is 20.2. The maximum absolute atomic E-state index is 5.07. The smallest absolute Gasteiger partial charge is 0 e. The number of benzene rings is 6. The summed E-state index contributed by atoms with van der Waals surface area (Å²) in [5, 5.41) is 22.0. The number of nitrogens with zero attached hydrogens (tertiary/aromatic N) is 10. The van der Waals surface area contributed by atoms with Crippen molar-refractivity contribution in [2.24, 2.45) is 0 Å². The van der Waals surface area contributed by atoms with Crippen molar-refractivity contribution in [3.05, 3.63) is 216 Å². The van der Waals surface area contributed by atoms with Crippen molar-refractivity contribution in [2.45, 2.75) is 71.8 Å². The van der Waals surface area contributed by atoms with Gasteiger partial charge in [-0.3, -0.25) is 0 Å². The van der Waals surface area contributed by atoms with Gasteiger partial charge in [0.15, 0.2) is 0 Å². The van der Waals surface area contributed by atoms with Crippen LogP contribution in [0, 0.1) is 36.5 Å². The first-order valence-corrected chi connectivity index (χ1v) is 29.8. The third-order valence-electron chi connectivity index (χ3n) is 14.8. The van der Waals surface area contributed by atoms with Crippen molar-refractivity contribution in [1.29, 1.82) is 0 Å². The molecule has 0 saturated carbocycles. The average molecular weight is 1440 g/mol. The molecule has 10 nitrogen and oxygen atoms in total. The van der Waals surface area contributed by atoms with E-state index in [-0.39, 0.29) is 21.1 Å². The Morgan fingerprint density at radius 2 is 1.11 bits per heavy atom. The third kappa shape index (κ3) is 10.8. The molecule has 14 heteroatoms. The zero-order valence-corrected chi connectivity index (χ0v) is 50.4. The second kappa shape index (κ2) is 23.9. The van der Waals surface area contributed by atoms with Crippen molar-refractivity contribution in [3.8, 4) is 27.9 Å². The van der Waals surface area contributed by atoms with E-state index in [1.54, 1.807) is 0 Å². The molecule has 0 N–H and O–H groups in total. The van der Waals surface area contributed by atoms with Gasteiger partial charge in [-0.1, -0.05) is 55.8 Å². The fraction of sp³-hybridized carbons (Fsp3) is 0.182. The SMILES string of the molecule is Cc1cc(CCCCCN2[CH-]N(c3[c-]cccc3)c3ncc(-c4cccc5c4sc4ccccc45)cc32)n[n-]1.Cc1cc(CCCCCn2[c](=[Pt])n(-c3[c-]cccc3)c3ncc(-c4cccc5c4sc4ccccc45)cc32)n[n-]1.[Pt]. The molecular weight excluding hydrogens is 1390 g/mol. The number of para-hydroxylation sites is 2. The maximum atomic E-state index is 5.07. The minimum atomic E-state index is 0. The molecule has 8 heterocycles.